The molecule has 6 heteroatoms. The number of hydrogen-bond donors (Lipinski definition) is 2. The van der Waals surface area contributed by atoms with Gasteiger partial charge in [-0.3, -0.25) is 4.79 Å². The second-order valence-electron chi connectivity index (χ2n) is 5.44. The lowest BCUT2D eigenvalue weighted by atomic mass is 10.1. The largest absolute Gasteiger partial charge is 0.397 e. The normalized spacial score (nSPS) is 11.0. The Balaban J connectivity index is 2.05. The fraction of sp³-hybridized carbons (Fsp3) is 0.176. The van der Waals surface area contributed by atoms with Crippen LogP contribution in [0.25, 0.3) is 10.2 Å². The molecule has 3 N–H and O–H groups in total. The summed E-state index contributed by atoms with van der Waals surface area (Å²) in [6.07, 6.45) is 0. The van der Waals surface area contributed by atoms with Crippen molar-refractivity contribution in [3.63, 3.8) is 0 Å². The fourth-order valence-corrected chi connectivity index (χ4v) is 3.59. The number of amides is 1. The highest BCUT2D eigenvalue weighted by Gasteiger charge is 2.20. The molecule has 23 heavy (non-hydrogen) atoms. The van der Waals surface area contributed by atoms with Crippen LogP contribution in [0.1, 0.15) is 26.5 Å². The molecule has 2 aromatic heterocycles. The first-order chi connectivity index (χ1) is 10.9. The van der Waals surface area contributed by atoms with Gasteiger partial charge in [-0.1, -0.05) is 6.07 Å². The van der Waals surface area contributed by atoms with E-state index in [1.807, 2.05) is 20.8 Å². The van der Waals surface area contributed by atoms with Gasteiger partial charge in [-0.25, -0.2) is 9.37 Å². The Labute approximate surface area is 137 Å². The highest BCUT2D eigenvalue weighted by atomic mass is 32.1. The first kappa shape index (κ1) is 15.4. The predicted octanol–water partition coefficient (Wildman–Crippen LogP) is 4.20. The van der Waals surface area contributed by atoms with Gasteiger partial charge < -0.3 is 11.1 Å². The summed E-state index contributed by atoms with van der Waals surface area (Å²) in [5.41, 5.74) is 10.0. The number of anilines is 2. The van der Waals surface area contributed by atoms with E-state index in [1.54, 1.807) is 6.07 Å². The van der Waals surface area contributed by atoms with Crippen molar-refractivity contribution in [3.8, 4) is 0 Å². The van der Waals surface area contributed by atoms with E-state index in [0.29, 0.717) is 16.3 Å². The monoisotopic (exact) mass is 329 g/mol. The molecule has 0 spiro atoms. The van der Waals surface area contributed by atoms with E-state index in [2.05, 4.69) is 10.3 Å². The summed E-state index contributed by atoms with van der Waals surface area (Å²) in [5.74, 6) is -0.762. The molecule has 118 valence electrons. The number of aryl methyl sites for hydroxylation is 2. The third-order valence-corrected chi connectivity index (χ3v) is 5.06. The fourth-order valence-electron chi connectivity index (χ4n) is 2.49. The van der Waals surface area contributed by atoms with Crippen molar-refractivity contribution >= 4 is 38.8 Å². The molecular weight excluding hydrogens is 313 g/mol. The van der Waals surface area contributed by atoms with Crippen molar-refractivity contribution in [1.29, 1.82) is 0 Å². The highest BCUT2D eigenvalue weighted by Crippen LogP contribution is 2.36. The van der Waals surface area contributed by atoms with Crippen LogP contribution in [0.5, 0.6) is 0 Å². The van der Waals surface area contributed by atoms with Crippen LogP contribution < -0.4 is 11.1 Å². The van der Waals surface area contributed by atoms with Gasteiger partial charge in [0.15, 0.2) is 0 Å². The van der Waals surface area contributed by atoms with Crippen molar-refractivity contribution < 1.29 is 9.18 Å². The van der Waals surface area contributed by atoms with Gasteiger partial charge in [-0.15, -0.1) is 11.3 Å². The number of nitrogens with zero attached hydrogens (tertiary/aromatic N) is 1. The minimum atomic E-state index is -0.407. The highest BCUT2D eigenvalue weighted by molar-refractivity contribution is 7.21. The molecule has 0 saturated carbocycles. The summed E-state index contributed by atoms with van der Waals surface area (Å²) in [7, 11) is 0. The number of fused-ring (bicyclic) bond motifs is 1. The summed E-state index contributed by atoms with van der Waals surface area (Å²) >= 11 is 1.25. The van der Waals surface area contributed by atoms with Crippen molar-refractivity contribution in [2.75, 3.05) is 11.1 Å². The van der Waals surface area contributed by atoms with Gasteiger partial charge in [-0.05, 0) is 50.1 Å². The predicted molar refractivity (Wildman–Crippen MR) is 92.6 cm³/mol. The third-order valence-electron chi connectivity index (χ3n) is 3.96. The number of aromatic nitrogens is 1. The smallest absolute Gasteiger partial charge is 0.267 e. The SMILES string of the molecule is Cc1nc2sc(C(=O)Nc3cccc(F)c3)c(N)c2c(C)c1C. The molecule has 4 nitrogen and oxygen atoms in total. The maximum atomic E-state index is 13.2. The molecule has 0 fully saturated rings. The topological polar surface area (TPSA) is 68.0 Å². The van der Waals surface area contributed by atoms with E-state index < -0.39 is 5.82 Å². The second-order valence-corrected chi connectivity index (χ2v) is 6.44. The number of benzene rings is 1. The van der Waals surface area contributed by atoms with Crippen molar-refractivity contribution in [1.82, 2.24) is 4.98 Å². The van der Waals surface area contributed by atoms with Crippen LogP contribution in [0.3, 0.4) is 0 Å². The van der Waals surface area contributed by atoms with E-state index in [0.717, 1.165) is 27.0 Å². The summed E-state index contributed by atoms with van der Waals surface area (Å²) in [4.78, 5) is 18.1. The van der Waals surface area contributed by atoms with Gasteiger partial charge in [0.1, 0.15) is 15.5 Å². The third kappa shape index (κ3) is 2.66. The first-order valence-corrected chi connectivity index (χ1v) is 7.93. The van der Waals surface area contributed by atoms with Crippen LogP contribution in [0, 0.1) is 26.6 Å². The van der Waals surface area contributed by atoms with Crippen LogP contribution in [-0.2, 0) is 0 Å². The maximum Gasteiger partial charge on any atom is 0.267 e. The number of pyridine rings is 1. The molecule has 0 aliphatic heterocycles. The van der Waals surface area contributed by atoms with Gasteiger partial charge in [0.25, 0.3) is 5.91 Å². The molecule has 3 aromatic rings. The van der Waals surface area contributed by atoms with Gasteiger partial charge in [0.2, 0.25) is 0 Å². The summed E-state index contributed by atoms with van der Waals surface area (Å²) in [5, 5.41) is 3.49. The molecule has 3 rings (SSSR count). The summed E-state index contributed by atoms with van der Waals surface area (Å²) < 4.78 is 13.2. The Bertz CT molecular complexity index is 933. The number of halogens is 1. The average molecular weight is 329 g/mol. The minimum Gasteiger partial charge on any atom is -0.397 e. The lowest BCUT2D eigenvalue weighted by molar-refractivity contribution is 0.103. The molecule has 1 aromatic carbocycles. The standard InChI is InChI=1S/C17H16FN3OS/c1-8-9(2)13-14(19)15(23-17(13)20-10(8)3)16(22)21-12-6-4-5-11(18)7-12/h4-7H,19H2,1-3H3,(H,21,22). The van der Waals surface area contributed by atoms with Crippen molar-refractivity contribution in [2.24, 2.45) is 0 Å². The Morgan fingerprint density at radius 3 is 2.70 bits per heavy atom. The lowest BCUT2D eigenvalue weighted by Crippen LogP contribution is -2.12. The Morgan fingerprint density at radius 1 is 1.26 bits per heavy atom. The molecule has 0 aliphatic rings. The molecule has 0 radical (unpaired) electrons. The Kier molecular flexibility index (Phi) is 3.77. The Hall–Kier alpha value is -2.47. The van der Waals surface area contributed by atoms with Gasteiger partial charge in [0.05, 0.1) is 5.69 Å². The van der Waals surface area contributed by atoms with Crippen molar-refractivity contribution in [3.05, 3.63) is 51.8 Å². The van der Waals surface area contributed by atoms with Crippen molar-refractivity contribution in [2.45, 2.75) is 20.8 Å². The average Bonchev–Trinajstić information content (AvgIpc) is 2.82. The quantitative estimate of drug-likeness (QED) is 0.740. The number of rotatable bonds is 2. The minimum absolute atomic E-state index is 0.356. The number of thiophene rings is 1. The molecule has 0 bridgehead atoms. The summed E-state index contributed by atoms with van der Waals surface area (Å²) in [6, 6.07) is 5.75. The molecule has 0 saturated heterocycles. The first-order valence-electron chi connectivity index (χ1n) is 7.11. The van der Waals surface area contributed by atoms with E-state index in [4.69, 9.17) is 5.73 Å². The molecule has 0 unspecified atom stereocenters. The molecule has 2 heterocycles. The number of nitrogens with one attached hydrogen (secondary N) is 1. The summed E-state index contributed by atoms with van der Waals surface area (Å²) in [6.45, 7) is 5.90. The number of nitrogen functional groups attached to an aromatic ring is 1. The zero-order valence-corrected chi connectivity index (χ0v) is 13.8. The van der Waals surface area contributed by atoms with Crippen LogP contribution in [0.15, 0.2) is 24.3 Å². The van der Waals surface area contributed by atoms with E-state index in [1.165, 1.54) is 29.5 Å². The van der Waals surface area contributed by atoms with Gasteiger partial charge in [0, 0.05) is 16.8 Å². The molecular formula is C17H16FN3OS. The zero-order chi connectivity index (χ0) is 16.7. The van der Waals surface area contributed by atoms with Crippen LogP contribution in [-0.4, -0.2) is 10.9 Å². The van der Waals surface area contributed by atoms with E-state index in [-0.39, 0.29) is 5.91 Å². The maximum absolute atomic E-state index is 13.2. The second kappa shape index (κ2) is 5.62. The molecule has 1 amide bonds. The number of carbonyl (C=O) groups is 1. The number of carbonyl (C=O) groups excluding carboxylic acids is 1. The lowest BCUT2D eigenvalue weighted by Gasteiger charge is -2.06. The van der Waals surface area contributed by atoms with E-state index in [9.17, 15) is 9.18 Å². The molecule has 0 atom stereocenters. The Morgan fingerprint density at radius 2 is 2.00 bits per heavy atom. The van der Waals surface area contributed by atoms with Crippen LogP contribution >= 0.6 is 11.3 Å². The van der Waals surface area contributed by atoms with Crippen LogP contribution in [0.4, 0.5) is 15.8 Å². The van der Waals surface area contributed by atoms with E-state index >= 15 is 0 Å². The van der Waals surface area contributed by atoms with Gasteiger partial charge >= 0.3 is 0 Å². The van der Waals surface area contributed by atoms with Gasteiger partial charge in [-0.2, -0.15) is 0 Å². The molecule has 0 aliphatic carbocycles. The zero-order valence-electron chi connectivity index (χ0n) is 13.0. The van der Waals surface area contributed by atoms with Crippen LogP contribution in [0.2, 0.25) is 0 Å². The number of nitrogens with two attached hydrogens (primary N) is 1. The number of hydrogen-bond acceptors (Lipinski definition) is 4.